The Labute approximate surface area is 327 Å². The SMILES string of the molecule is Cc1cc2c3c(c1)c1ccccc1n3-c1cc(-n3c4cc(C(C)(C)C)ccc4c4ccc(C(C)(C)C)cc43)cc3c1B2c1cc(C)cc2c4ccccc4n-3c12. The molecule has 10 aromatic rings. The number of fused-ring (bicyclic) bond motifs is 13. The maximum absolute atomic E-state index is 2.61. The third-order valence-corrected chi connectivity index (χ3v) is 13.2. The molecule has 0 unspecified atom stereocenters. The molecular weight excluding hydrogens is 677 g/mol. The van der Waals surface area contributed by atoms with Crippen LogP contribution in [-0.2, 0) is 10.8 Å². The van der Waals surface area contributed by atoms with Crippen molar-refractivity contribution in [3.8, 4) is 17.1 Å². The third kappa shape index (κ3) is 4.04. The van der Waals surface area contributed by atoms with E-state index in [4.69, 9.17) is 0 Å². The van der Waals surface area contributed by atoms with Crippen molar-refractivity contribution in [1.82, 2.24) is 13.7 Å². The lowest BCUT2D eigenvalue weighted by molar-refractivity contribution is 0.591. The van der Waals surface area contributed by atoms with Crippen LogP contribution >= 0.6 is 0 Å². The van der Waals surface area contributed by atoms with Crippen LogP contribution in [-0.4, -0.2) is 20.4 Å². The summed E-state index contributed by atoms with van der Waals surface area (Å²) < 4.78 is 7.80. The van der Waals surface area contributed by atoms with Crippen molar-refractivity contribution in [3.05, 3.63) is 144 Å². The number of aromatic nitrogens is 3. The first-order valence-electron chi connectivity index (χ1n) is 20.2. The quantitative estimate of drug-likeness (QED) is 0.150. The highest BCUT2D eigenvalue weighted by atomic mass is 15.1. The van der Waals surface area contributed by atoms with E-state index < -0.39 is 0 Å². The van der Waals surface area contributed by atoms with Crippen LogP contribution < -0.4 is 16.4 Å². The number of benzene rings is 7. The van der Waals surface area contributed by atoms with Gasteiger partial charge in [-0.1, -0.05) is 125 Å². The van der Waals surface area contributed by atoms with E-state index in [2.05, 4.69) is 190 Å². The number of hydrogen-bond donors (Lipinski definition) is 0. The van der Waals surface area contributed by atoms with Crippen LogP contribution in [0.1, 0.15) is 63.8 Å². The zero-order valence-electron chi connectivity index (χ0n) is 33.5. The molecule has 7 aromatic carbocycles. The van der Waals surface area contributed by atoms with Gasteiger partial charge in [-0.2, -0.15) is 0 Å². The average molecular weight is 722 g/mol. The standard InChI is InChI=1S/C52H44BN3/c1-29-21-38-34-13-9-11-15-42(34)55-46-27-33(54-44-25-31(51(3,4)5)17-19-36(44)37-20-18-32(26-45(37)54)52(6,7)8)28-47-48(46)53(40(23-29)49(38)55)41-24-30(2)22-39-35-14-10-12-16-43(35)56(47)50(39)41/h9-28H,1-8H3. The summed E-state index contributed by atoms with van der Waals surface area (Å²) in [7, 11) is 0. The van der Waals surface area contributed by atoms with E-state index in [-0.39, 0.29) is 17.5 Å². The lowest BCUT2D eigenvalue weighted by Crippen LogP contribution is -2.59. The van der Waals surface area contributed by atoms with Crippen molar-refractivity contribution >= 4 is 88.5 Å². The van der Waals surface area contributed by atoms with E-state index in [0.29, 0.717) is 0 Å². The van der Waals surface area contributed by atoms with Crippen LogP contribution in [0.25, 0.3) is 82.5 Å². The summed E-state index contributed by atoms with van der Waals surface area (Å²) in [4.78, 5) is 0. The number of hydrogen-bond acceptors (Lipinski definition) is 0. The highest BCUT2D eigenvalue weighted by Gasteiger charge is 2.41. The molecule has 0 atom stereocenters. The van der Waals surface area contributed by atoms with Gasteiger partial charge < -0.3 is 13.7 Å². The molecule has 2 aliphatic rings. The van der Waals surface area contributed by atoms with Gasteiger partial charge in [0, 0.05) is 54.7 Å². The highest BCUT2D eigenvalue weighted by Crippen LogP contribution is 2.43. The molecule has 0 N–H and O–H groups in total. The fourth-order valence-corrected chi connectivity index (χ4v) is 10.6. The molecule has 0 aliphatic carbocycles. The monoisotopic (exact) mass is 721 g/mol. The number of nitrogens with zero attached hydrogens (tertiary/aromatic N) is 3. The lowest BCUT2D eigenvalue weighted by Gasteiger charge is -2.34. The van der Waals surface area contributed by atoms with Crippen LogP contribution in [0.5, 0.6) is 0 Å². The molecule has 270 valence electrons. The van der Waals surface area contributed by atoms with Crippen molar-refractivity contribution in [1.29, 1.82) is 0 Å². The van der Waals surface area contributed by atoms with Gasteiger partial charge in [0.25, 0.3) is 6.71 Å². The zero-order chi connectivity index (χ0) is 38.2. The van der Waals surface area contributed by atoms with Gasteiger partial charge in [-0.25, -0.2) is 0 Å². The molecule has 56 heavy (non-hydrogen) atoms. The molecule has 12 rings (SSSR count). The molecule has 4 heteroatoms. The van der Waals surface area contributed by atoms with Gasteiger partial charge in [0.05, 0.1) is 27.8 Å². The summed E-state index contributed by atoms with van der Waals surface area (Å²) in [5, 5.41) is 7.88. The predicted molar refractivity (Wildman–Crippen MR) is 241 cm³/mol. The Balaban J connectivity index is 1.32. The molecule has 3 nitrogen and oxygen atoms in total. The zero-order valence-corrected chi connectivity index (χ0v) is 33.5. The molecule has 0 fully saturated rings. The average Bonchev–Trinajstić information content (AvgIpc) is 3.80. The minimum absolute atomic E-state index is 0.0100. The topological polar surface area (TPSA) is 14.8 Å². The smallest absolute Gasteiger partial charge is 0.252 e. The maximum atomic E-state index is 2.61. The Morgan fingerprint density at radius 3 is 1.29 bits per heavy atom. The number of para-hydroxylation sites is 2. The summed E-state index contributed by atoms with van der Waals surface area (Å²) in [6.45, 7) is 18.6. The van der Waals surface area contributed by atoms with E-state index in [1.54, 1.807) is 0 Å². The van der Waals surface area contributed by atoms with Gasteiger partial charge in [0.2, 0.25) is 0 Å². The minimum atomic E-state index is 0.0100. The largest absolute Gasteiger partial charge is 0.310 e. The Hall–Kier alpha value is -6.00. The van der Waals surface area contributed by atoms with Crippen molar-refractivity contribution < 1.29 is 0 Å². The van der Waals surface area contributed by atoms with E-state index in [9.17, 15) is 0 Å². The normalized spacial score (nSPS) is 13.7. The van der Waals surface area contributed by atoms with E-state index >= 15 is 0 Å². The fourth-order valence-electron chi connectivity index (χ4n) is 10.6. The van der Waals surface area contributed by atoms with Gasteiger partial charge in [0.1, 0.15) is 0 Å². The van der Waals surface area contributed by atoms with Crippen LogP contribution in [0, 0.1) is 13.8 Å². The molecule has 0 amide bonds. The van der Waals surface area contributed by atoms with E-state index in [1.807, 2.05) is 0 Å². The Morgan fingerprint density at radius 1 is 0.411 bits per heavy atom. The fraction of sp³-hybridized carbons (Fsp3) is 0.192. The van der Waals surface area contributed by atoms with Gasteiger partial charge in [-0.3, -0.25) is 0 Å². The van der Waals surface area contributed by atoms with Crippen LogP contribution in [0.4, 0.5) is 0 Å². The predicted octanol–water partition coefficient (Wildman–Crippen LogP) is 11.3. The van der Waals surface area contributed by atoms with E-state index in [1.165, 1.54) is 121 Å². The molecule has 0 radical (unpaired) electrons. The minimum Gasteiger partial charge on any atom is -0.310 e. The maximum Gasteiger partial charge on any atom is 0.252 e. The highest BCUT2D eigenvalue weighted by molar-refractivity contribution is 7.00. The molecule has 0 spiro atoms. The number of rotatable bonds is 1. The van der Waals surface area contributed by atoms with Crippen molar-refractivity contribution in [2.45, 2.75) is 66.2 Å². The van der Waals surface area contributed by atoms with Gasteiger partial charge in [-0.15, -0.1) is 0 Å². The third-order valence-electron chi connectivity index (χ3n) is 13.2. The Kier molecular flexibility index (Phi) is 6.02. The van der Waals surface area contributed by atoms with Crippen LogP contribution in [0.3, 0.4) is 0 Å². The molecular formula is C52H44BN3. The lowest BCUT2D eigenvalue weighted by atomic mass is 9.34. The second kappa shape index (κ2) is 10.4. The van der Waals surface area contributed by atoms with Crippen molar-refractivity contribution in [3.63, 3.8) is 0 Å². The molecule has 5 heterocycles. The second-order valence-corrected chi connectivity index (χ2v) is 18.8. The first-order valence-corrected chi connectivity index (χ1v) is 20.2. The van der Waals surface area contributed by atoms with Gasteiger partial charge in [-0.05, 0) is 101 Å². The Morgan fingerprint density at radius 2 is 0.839 bits per heavy atom. The van der Waals surface area contributed by atoms with Crippen molar-refractivity contribution in [2.24, 2.45) is 0 Å². The van der Waals surface area contributed by atoms with Gasteiger partial charge in [0.15, 0.2) is 0 Å². The summed E-state index contributed by atoms with van der Waals surface area (Å²) >= 11 is 0. The van der Waals surface area contributed by atoms with Gasteiger partial charge >= 0.3 is 0 Å². The first-order chi connectivity index (χ1) is 26.9. The second-order valence-electron chi connectivity index (χ2n) is 18.8. The molecule has 0 bridgehead atoms. The van der Waals surface area contributed by atoms with Crippen LogP contribution in [0.15, 0.2) is 121 Å². The summed E-state index contributed by atoms with van der Waals surface area (Å²) in [5.74, 6) is 0. The molecule has 0 saturated heterocycles. The first kappa shape index (κ1) is 32.3. The summed E-state index contributed by atoms with van der Waals surface area (Å²) in [5.41, 5.74) is 21.0. The summed E-state index contributed by atoms with van der Waals surface area (Å²) in [6, 6.07) is 47.3. The van der Waals surface area contributed by atoms with Crippen LogP contribution in [0.2, 0.25) is 0 Å². The van der Waals surface area contributed by atoms with E-state index in [0.717, 1.165) is 0 Å². The van der Waals surface area contributed by atoms with Crippen molar-refractivity contribution in [2.75, 3.05) is 0 Å². The molecule has 2 aliphatic heterocycles. The summed E-state index contributed by atoms with van der Waals surface area (Å²) in [6.07, 6.45) is 0. The molecule has 0 saturated carbocycles. The number of aryl methyl sites for hydroxylation is 2. The Bertz CT molecular complexity index is 3190. The molecule has 3 aromatic heterocycles.